The van der Waals surface area contributed by atoms with Gasteiger partial charge in [-0.05, 0) is 35.2 Å². The first-order valence-corrected chi connectivity index (χ1v) is 9.97. The van der Waals surface area contributed by atoms with E-state index < -0.39 is 22.2 Å². The average Bonchev–Trinajstić information content (AvgIpc) is 2.90. The highest BCUT2D eigenvalue weighted by molar-refractivity contribution is 7.89. The minimum atomic E-state index is -3.75. The summed E-state index contributed by atoms with van der Waals surface area (Å²) in [7, 11) is -3.75. The summed E-state index contributed by atoms with van der Waals surface area (Å²) in [6.07, 6.45) is 0.284. The highest BCUT2D eigenvalue weighted by atomic mass is 32.2. The number of hydrogen-bond acceptors (Lipinski definition) is 4. The smallest absolute Gasteiger partial charge is 0.241 e. The van der Waals surface area contributed by atoms with Gasteiger partial charge in [-0.1, -0.05) is 36.4 Å². The first kappa shape index (κ1) is 18.6. The normalized spacial score (nSPS) is 19.2. The van der Waals surface area contributed by atoms with Crippen LogP contribution in [0.3, 0.4) is 0 Å². The highest BCUT2D eigenvalue weighted by Gasteiger charge is 2.34. The van der Waals surface area contributed by atoms with Crippen molar-refractivity contribution < 1.29 is 18.3 Å². The molecule has 2 aromatic carbocycles. The predicted octanol–water partition coefficient (Wildman–Crippen LogP) is 1.30. The van der Waals surface area contributed by atoms with E-state index in [9.17, 15) is 18.3 Å². The lowest BCUT2D eigenvalue weighted by Crippen LogP contribution is -2.33. The SMILES string of the molecule is CC(=O)NCCc1ccc(S(=O)(=O)N[C@H]2c3ccccc3C[C@@H]2O)cc1. The van der Waals surface area contributed by atoms with Crippen molar-refractivity contribution in [3.8, 4) is 0 Å². The number of amides is 1. The van der Waals surface area contributed by atoms with Gasteiger partial charge in [0.1, 0.15) is 0 Å². The average molecular weight is 374 g/mol. The fraction of sp³-hybridized carbons (Fsp3) is 0.316. The second-order valence-corrected chi connectivity index (χ2v) is 8.16. The molecule has 0 fully saturated rings. The zero-order valence-corrected chi connectivity index (χ0v) is 15.3. The Bertz CT molecular complexity index is 894. The van der Waals surface area contributed by atoms with Crippen LogP contribution in [0.25, 0.3) is 0 Å². The van der Waals surface area contributed by atoms with E-state index in [-0.39, 0.29) is 10.8 Å². The van der Waals surface area contributed by atoms with Gasteiger partial charge in [-0.25, -0.2) is 13.1 Å². The summed E-state index contributed by atoms with van der Waals surface area (Å²) in [4.78, 5) is 11.0. The summed E-state index contributed by atoms with van der Waals surface area (Å²) in [6, 6.07) is 13.4. The molecule has 1 amide bonds. The topological polar surface area (TPSA) is 95.5 Å². The van der Waals surface area contributed by atoms with Crippen molar-refractivity contribution in [1.29, 1.82) is 0 Å². The first-order chi connectivity index (χ1) is 12.4. The standard InChI is InChI=1S/C19H22N2O4S/c1-13(22)20-11-10-14-6-8-16(9-7-14)26(24,25)21-19-17-5-3-2-4-15(17)12-18(19)23/h2-9,18-19,21,23H,10-12H2,1H3,(H,20,22)/t18-,19-/m0/s1. The van der Waals surface area contributed by atoms with Gasteiger partial charge < -0.3 is 10.4 Å². The number of nitrogens with one attached hydrogen (secondary N) is 2. The second-order valence-electron chi connectivity index (χ2n) is 6.45. The number of carbonyl (C=O) groups excluding carboxylic acids is 1. The summed E-state index contributed by atoms with van der Waals surface area (Å²) >= 11 is 0. The molecule has 2 aromatic rings. The largest absolute Gasteiger partial charge is 0.391 e. The Balaban J connectivity index is 1.71. The Labute approximate surface area is 153 Å². The monoisotopic (exact) mass is 374 g/mol. The predicted molar refractivity (Wildman–Crippen MR) is 98.0 cm³/mol. The van der Waals surface area contributed by atoms with Crippen molar-refractivity contribution in [3.63, 3.8) is 0 Å². The molecule has 3 rings (SSSR count). The third-order valence-electron chi connectivity index (χ3n) is 4.51. The van der Waals surface area contributed by atoms with E-state index in [4.69, 9.17) is 0 Å². The molecule has 1 aliphatic carbocycles. The van der Waals surface area contributed by atoms with Crippen molar-refractivity contribution in [2.24, 2.45) is 0 Å². The number of fused-ring (bicyclic) bond motifs is 1. The Morgan fingerprint density at radius 1 is 1.15 bits per heavy atom. The molecule has 3 N–H and O–H groups in total. The van der Waals surface area contributed by atoms with E-state index in [1.165, 1.54) is 6.92 Å². The van der Waals surface area contributed by atoms with Gasteiger partial charge in [-0.2, -0.15) is 0 Å². The van der Waals surface area contributed by atoms with Gasteiger partial charge in [0, 0.05) is 19.9 Å². The minimum absolute atomic E-state index is 0.0937. The van der Waals surface area contributed by atoms with Crippen LogP contribution in [0.2, 0.25) is 0 Å². The third-order valence-corrected chi connectivity index (χ3v) is 5.96. The lowest BCUT2D eigenvalue weighted by atomic mass is 10.1. The van der Waals surface area contributed by atoms with Crippen LogP contribution in [0.1, 0.15) is 29.7 Å². The zero-order valence-electron chi connectivity index (χ0n) is 14.5. The fourth-order valence-corrected chi connectivity index (χ4v) is 4.42. The van der Waals surface area contributed by atoms with E-state index >= 15 is 0 Å². The number of aliphatic hydroxyl groups is 1. The molecule has 7 heteroatoms. The Morgan fingerprint density at radius 3 is 2.54 bits per heavy atom. The van der Waals surface area contributed by atoms with Gasteiger partial charge in [0.15, 0.2) is 0 Å². The lowest BCUT2D eigenvalue weighted by molar-refractivity contribution is -0.118. The van der Waals surface area contributed by atoms with E-state index in [1.54, 1.807) is 24.3 Å². The molecule has 0 spiro atoms. The van der Waals surface area contributed by atoms with Crippen LogP contribution >= 0.6 is 0 Å². The van der Waals surface area contributed by atoms with Crippen LogP contribution in [0.4, 0.5) is 0 Å². The first-order valence-electron chi connectivity index (χ1n) is 8.48. The van der Waals surface area contributed by atoms with Crippen molar-refractivity contribution in [3.05, 3.63) is 65.2 Å². The van der Waals surface area contributed by atoms with Gasteiger partial charge in [-0.3, -0.25) is 4.79 Å². The summed E-state index contributed by atoms with van der Waals surface area (Å²) in [5.41, 5.74) is 2.71. The molecule has 1 aliphatic rings. The van der Waals surface area contributed by atoms with Crippen molar-refractivity contribution in [1.82, 2.24) is 10.0 Å². The summed E-state index contributed by atoms with van der Waals surface area (Å²) in [5.74, 6) is -0.0937. The van der Waals surface area contributed by atoms with Crippen molar-refractivity contribution in [2.45, 2.75) is 36.8 Å². The molecule has 0 saturated heterocycles. The molecule has 0 aliphatic heterocycles. The molecule has 0 bridgehead atoms. The number of benzene rings is 2. The quantitative estimate of drug-likeness (QED) is 0.710. The number of carbonyl (C=O) groups is 1. The fourth-order valence-electron chi connectivity index (χ4n) is 3.17. The van der Waals surface area contributed by atoms with Gasteiger partial charge in [-0.15, -0.1) is 0 Å². The maximum Gasteiger partial charge on any atom is 0.241 e. The third kappa shape index (κ3) is 4.12. The highest BCUT2D eigenvalue weighted by Crippen LogP contribution is 2.32. The maximum atomic E-state index is 12.7. The van der Waals surface area contributed by atoms with E-state index in [0.717, 1.165) is 16.7 Å². The summed E-state index contributed by atoms with van der Waals surface area (Å²) < 4.78 is 28.0. The second kappa shape index (κ2) is 7.57. The molecule has 0 radical (unpaired) electrons. The van der Waals surface area contributed by atoms with Crippen LogP contribution in [0.5, 0.6) is 0 Å². The van der Waals surface area contributed by atoms with E-state index in [2.05, 4.69) is 10.0 Å². The summed E-state index contributed by atoms with van der Waals surface area (Å²) in [5, 5.41) is 12.9. The molecule has 138 valence electrons. The molecular weight excluding hydrogens is 352 g/mol. The molecule has 0 heterocycles. The van der Waals surface area contributed by atoms with Crippen molar-refractivity contribution >= 4 is 15.9 Å². The van der Waals surface area contributed by atoms with Gasteiger partial charge in [0.2, 0.25) is 15.9 Å². The van der Waals surface area contributed by atoms with Gasteiger partial charge in [0.25, 0.3) is 0 Å². The minimum Gasteiger partial charge on any atom is -0.391 e. The number of hydrogen-bond donors (Lipinski definition) is 3. The molecule has 0 aromatic heterocycles. The van der Waals surface area contributed by atoms with Gasteiger partial charge in [0.05, 0.1) is 17.0 Å². The lowest BCUT2D eigenvalue weighted by Gasteiger charge is -2.18. The molecular formula is C19H22N2O4S. The summed E-state index contributed by atoms with van der Waals surface area (Å²) in [6.45, 7) is 1.96. The molecule has 0 saturated carbocycles. The van der Waals surface area contributed by atoms with E-state index in [0.29, 0.717) is 19.4 Å². The number of aliphatic hydroxyl groups excluding tert-OH is 1. The Hall–Kier alpha value is -2.22. The van der Waals surface area contributed by atoms with Crippen LogP contribution < -0.4 is 10.0 Å². The zero-order chi connectivity index (χ0) is 18.7. The number of sulfonamides is 1. The van der Waals surface area contributed by atoms with Crippen LogP contribution in [-0.4, -0.2) is 32.1 Å². The number of rotatable bonds is 6. The van der Waals surface area contributed by atoms with Crippen LogP contribution in [-0.2, 0) is 27.7 Å². The van der Waals surface area contributed by atoms with Crippen LogP contribution in [0, 0.1) is 0 Å². The van der Waals surface area contributed by atoms with Crippen LogP contribution in [0.15, 0.2) is 53.4 Å². The molecule has 0 unspecified atom stereocenters. The van der Waals surface area contributed by atoms with Gasteiger partial charge >= 0.3 is 0 Å². The van der Waals surface area contributed by atoms with Crippen molar-refractivity contribution in [2.75, 3.05) is 6.54 Å². The maximum absolute atomic E-state index is 12.7. The molecule has 26 heavy (non-hydrogen) atoms. The molecule has 2 atom stereocenters. The van der Waals surface area contributed by atoms with E-state index in [1.807, 2.05) is 24.3 Å². The Kier molecular flexibility index (Phi) is 5.41. The Morgan fingerprint density at radius 2 is 1.85 bits per heavy atom. The molecule has 6 nitrogen and oxygen atoms in total.